The lowest BCUT2D eigenvalue weighted by molar-refractivity contribution is -0.384. The molecule has 0 aliphatic carbocycles. The van der Waals surface area contributed by atoms with Gasteiger partial charge in [-0.2, -0.15) is 4.31 Å². The van der Waals surface area contributed by atoms with Crippen LogP contribution in [0, 0.1) is 10.1 Å². The molecule has 3 heterocycles. The van der Waals surface area contributed by atoms with E-state index in [1.165, 1.54) is 22.5 Å². The largest absolute Gasteiger partial charge is 0.282 e. The van der Waals surface area contributed by atoms with Gasteiger partial charge in [0.1, 0.15) is 11.6 Å². The van der Waals surface area contributed by atoms with E-state index in [2.05, 4.69) is 10.2 Å². The lowest BCUT2D eigenvalue weighted by atomic mass is 9.95. The molecule has 5 rings (SSSR count). The van der Waals surface area contributed by atoms with Gasteiger partial charge in [0.15, 0.2) is 0 Å². The van der Waals surface area contributed by atoms with E-state index in [0.717, 1.165) is 22.9 Å². The highest BCUT2D eigenvalue weighted by molar-refractivity contribution is 7.89. The number of piperidine rings is 1. The van der Waals surface area contributed by atoms with Crippen molar-refractivity contribution < 1.29 is 13.3 Å². The highest BCUT2D eigenvalue weighted by Crippen LogP contribution is 2.35. The molecule has 2 aliphatic rings. The van der Waals surface area contributed by atoms with Gasteiger partial charge in [0.2, 0.25) is 10.0 Å². The zero-order valence-electron chi connectivity index (χ0n) is 17.0. The minimum Gasteiger partial charge on any atom is -0.282 e. The highest BCUT2D eigenvalue weighted by Gasteiger charge is 2.33. The fourth-order valence-electron chi connectivity index (χ4n) is 4.48. The van der Waals surface area contributed by atoms with Crippen LogP contribution in [0.1, 0.15) is 36.0 Å². The molecule has 11 heteroatoms. The highest BCUT2D eigenvalue weighted by atomic mass is 35.5. The third-order valence-corrected chi connectivity index (χ3v) is 8.32. The third kappa shape index (κ3) is 3.58. The number of sulfonamides is 1. The first-order chi connectivity index (χ1) is 15.3. The molecular weight excluding hydrogens is 454 g/mol. The first-order valence-corrected chi connectivity index (χ1v) is 12.1. The molecule has 166 valence electrons. The number of nitrogens with zero attached hydrogens (tertiary/aromatic N) is 5. The molecule has 1 aromatic heterocycles. The summed E-state index contributed by atoms with van der Waals surface area (Å²) in [5, 5.41) is 20.4. The lowest BCUT2D eigenvalue weighted by Crippen LogP contribution is -2.38. The van der Waals surface area contributed by atoms with Gasteiger partial charge in [0.05, 0.1) is 15.5 Å². The van der Waals surface area contributed by atoms with Crippen LogP contribution in [0.3, 0.4) is 0 Å². The molecule has 1 saturated heterocycles. The monoisotopic (exact) mass is 473 g/mol. The van der Waals surface area contributed by atoms with E-state index >= 15 is 0 Å². The van der Waals surface area contributed by atoms with Gasteiger partial charge < -0.3 is 0 Å². The Hall–Kier alpha value is -2.82. The second-order valence-electron chi connectivity index (χ2n) is 8.01. The molecule has 0 radical (unpaired) electrons. The van der Waals surface area contributed by atoms with E-state index in [1.807, 2.05) is 4.57 Å². The normalized spacial score (nSPS) is 17.0. The second-order valence-corrected chi connectivity index (χ2v) is 10.4. The summed E-state index contributed by atoms with van der Waals surface area (Å²) in [4.78, 5) is 11.0. The number of fused-ring (bicyclic) bond motifs is 3. The summed E-state index contributed by atoms with van der Waals surface area (Å²) < 4.78 is 29.4. The van der Waals surface area contributed by atoms with E-state index < -0.39 is 10.0 Å². The quantitative estimate of drug-likeness (QED) is 0.423. The SMILES string of the molecule is O=[N+]([O-])c1ccc2c(c1)CCc1nnc(C3CCN(S(=O)(=O)c4ccc(Cl)cc4)CC3)n1-2. The number of rotatable bonds is 4. The fraction of sp³-hybridized carbons (Fsp3) is 0.333. The Balaban J connectivity index is 1.38. The molecule has 32 heavy (non-hydrogen) atoms. The van der Waals surface area contributed by atoms with Crippen molar-refractivity contribution in [2.75, 3.05) is 13.1 Å². The maximum absolute atomic E-state index is 13.0. The van der Waals surface area contributed by atoms with E-state index in [-0.39, 0.29) is 21.4 Å². The number of benzene rings is 2. The van der Waals surface area contributed by atoms with E-state index in [1.54, 1.807) is 24.3 Å². The van der Waals surface area contributed by atoms with Crippen LogP contribution in [0.15, 0.2) is 47.4 Å². The van der Waals surface area contributed by atoms with Crippen molar-refractivity contribution in [2.24, 2.45) is 0 Å². The zero-order chi connectivity index (χ0) is 22.5. The third-order valence-electron chi connectivity index (χ3n) is 6.16. The van der Waals surface area contributed by atoms with E-state index in [4.69, 9.17) is 11.6 Å². The van der Waals surface area contributed by atoms with Gasteiger partial charge in [0, 0.05) is 42.6 Å². The van der Waals surface area contributed by atoms with Gasteiger partial charge in [-0.3, -0.25) is 14.7 Å². The van der Waals surface area contributed by atoms with Crippen molar-refractivity contribution in [1.82, 2.24) is 19.1 Å². The molecule has 0 bridgehead atoms. The van der Waals surface area contributed by atoms with E-state index in [0.29, 0.717) is 43.8 Å². The summed E-state index contributed by atoms with van der Waals surface area (Å²) in [5.74, 6) is 1.67. The predicted octanol–water partition coefficient (Wildman–Crippen LogP) is 3.50. The number of aryl methyl sites for hydroxylation is 2. The van der Waals surface area contributed by atoms with Crippen molar-refractivity contribution >= 4 is 27.3 Å². The Morgan fingerprint density at radius 1 is 1.03 bits per heavy atom. The average molecular weight is 474 g/mol. The Bertz CT molecular complexity index is 1300. The average Bonchev–Trinajstić information content (AvgIpc) is 3.23. The molecule has 1 fully saturated rings. The molecule has 0 saturated carbocycles. The summed E-state index contributed by atoms with van der Waals surface area (Å²) in [6, 6.07) is 11.1. The van der Waals surface area contributed by atoms with Crippen LogP contribution in [0.5, 0.6) is 0 Å². The molecule has 0 atom stereocenters. The van der Waals surface area contributed by atoms with Crippen LogP contribution in [0.25, 0.3) is 5.69 Å². The smallest absolute Gasteiger partial charge is 0.269 e. The summed E-state index contributed by atoms with van der Waals surface area (Å²) in [7, 11) is -3.58. The van der Waals surface area contributed by atoms with Crippen molar-refractivity contribution in [3.8, 4) is 5.69 Å². The predicted molar refractivity (Wildman–Crippen MR) is 118 cm³/mol. The zero-order valence-corrected chi connectivity index (χ0v) is 18.6. The van der Waals surface area contributed by atoms with Crippen molar-refractivity contribution in [3.63, 3.8) is 0 Å². The van der Waals surface area contributed by atoms with Crippen molar-refractivity contribution in [1.29, 1.82) is 0 Å². The number of halogens is 1. The van der Waals surface area contributed by atoms with Gasteiger partial charge in [-0.15, -0.1) is 10.2 Å². The summed E-state index contributed by atoms with van der Waals surface area (Å²) in [6.07, 6.45) is 2.57. The molecule has 0 unspecified atom stereocenters. The van der Waals surface area contributed by atoms with Gasteiger partial charge in [-0.05, 0) is 55.2 Å². The number of non-ortho nitro benzene ring substituents is 1. The Kier molecular flexibility index (Phi) is 5.23. The Morgan fingerprint density at radius 2 is 1.75 bits per heavy atom. The Morgan fingerprint density at radius 3 is 2.44 bits per heavy atom. The van der Waals surface area contributed by atoms with Gasteiger partial charge in [-0.1, -0.05) is 11.6 Å². The standard InChI is InChI=1S/C21H20ClN5O4S/c22-16-2-5-18(6-3-16)32(30,31)25-11-9-14(10-12-25)21-24-23-20-8-1-15-13-17(27(28)29)4-7-19(15)26(20)21/h2-7,13-14H,1,8-12H2. The topological polar surface area (TPSA) is 111 Å². The van der Waals surface area contributed by atoms with E-state index in [9.17, 15) is 18.5 Å². The minimum atomic E-state index is -3.58. The lowest BCUT2D eigenvalue weighted by Gasteiger charge is -2.31. The first kappa shape index (κ1) is 21.0. The molecule has 0 spiro atoms. The summed E-state index contributed by atoms with van der Waals surface area (Å²) in [6.45, 7) is 0.760. The number of nitro groups is 1. The molecule has 0 N–H and O–H groups in total. The van der Waals surface area contributed by atoms with Crippen molar-refractivity contribution in [3.05, 3.63) is 74.8 Å². The van der Waals surface area contributed by atoms with Crippen LogP contribution in [0.2, 0.25) is 5.02 Å². The first-order valence-electron chi connectivity index (χ1n) is 10.3. The van der Waals surface area contributed by atoms with Gasteiger partial charge >= 0.3 is 0 Å². The summed E-state index contributed by atoms with van der Waals surface area (Å²) in [5.41, 5.74) is 1.84. The van der Waals surface area contributed by atoms with Crippen LogP contribution < -0.4 is 0 Å². The number of nitro benzene ring substituents is 1. The summed E-state index contributed by atoms with van der Waals surface area (Å²) >= 11 is 5.88. The molecular formula is C21H20ClN5O4S. The molecule has 0 amide bonds. The van der Waals surface area contributed by atoms with Crippen LogP contribution in [-0.2, 0) is 22.9 Å². The minimum absolute atomic E-state index is 0.0501. The van der Waals surface area contributed by atoms with Crippen LogP contribution in [-0.4, -0.2) is 45.5 Å². The maximum atomic E-state index is 13.0. The maximum Gasteiger partial charge on any atom is 0.269 e. The van der Waals surface area contributed by atoms with Gasteiger partial charge in [0.25, 0.3) is 5.69 Å². The molecule has 3 aromatic rings. The van der Waals surface area contributed by atoms with Crippen molar-refractivity contribution in [2.45, 2.75) is 36.5 Å². The molecule has 2 aliphatic heterocycles. The molecule has 9 nitrogen and oxygen atoms in total. The number of hydrogen-bond donors (Lipinski definition) is 0. The van der Waals surface area contributed by atoms with Crippen LogP contribution >= 0.6 is 11.6 Å². The fourth-order valence-corrected chi connectivity index (χ4v) is 6.08. The Labute approximate surface area is 189 Å². The number of aromatic nitrogens is 3. The second kappa shape index (κ2) is 7.95. The molecule has 2 aromatic carbocycles. The van der Waals surface area contributed by atoms with Crippen LogP contribution in [0.4, 0.5) is 5.69 Å². The van der Waals surface area contributed by atoms with Gasteiger partial charge in [-0.25, -0.2) is 8.42 Å². The number of hydrogen-bond acceptors (Lipinski definition) is 6.